The van der Waals surface area contributed by atoms with Crippen LogP contribution in [0.1, 0.15) is 44.0 Å². The summed E-state index contributed by atoms with van der Waals surface area (Å²) in [5, 5.41) is 15.3. The molecule has 1 saturated carbocycles. The van der Waals surface area contributed by atoms with E-state index >= 15 is 0 Å². The van der Waals surface area contributed by atoms with E-state index in [4.69, 9.17) is 0 Å². The number of amides is 1. The summed E-state index contributed by atoms with van der Waals surface area (Å²) in [6, 6.07) is 0.757. The van der Waals surface area contributed by atoms with Gasteiger partial charge < -0.3 is 5.32 Å². The van der Waals surface area contributed by atoms with Crippen molar-refractivity contribution in [1.82, 2.24) is 15.5 Å². The Bertz CT molecular complexity index is 614. The lowest BCUT2D eigenvalue weighted by Gasteiger charge is -2.26. The van der Waals surface area contributed by atoms with Crippen LogP contribution in [0.15, 0.2) is 36.0 Å². The van der Waals surface area contributed by atoms with E-state index < -0.39 is 0 Å². The zero-order valence-electron chi connectivity index (χ0n) is 14.4. The summed E-state index contributed by atoms with van der Waals surface area (Å²) in [5.41, 5.74) is 1.29. The highest BCUT2D eigenvalue weighted by Gasteiger charge is 2.15. The third-order valence-corrected chi connectivity index (χ3v) is 4.73. The molecule has 0 atom stereocenters. The maximum Gasteiger partial charge on any atom is 0.250 e. The molecular weight excluding hydrogens is 320 g/mol. The SMILES string of the molecule is C\C=C(/C=C\C=C\C(=O)Nc1nnc(C)s1)CCCNC1CCC1. The quantitative estimate of drug-likeness (QED) is 0.406. The predicted octanol–water partition coefficient (Wildman–Crippen LogP) is 3.77. The zero-order chi connectivity index (χ0) is 17.2. The number of rotatable bonds is 9. The van der Waals surface area contributed by atoms with Gasteiger partial charge in [0.1, 0.15) is 5.01 Å². The molecule has 0 bridgehead atoms. The molecule has 1 aliphatic carbocycles. The van der Waals surface area contributed by atoms with E-state index in [1.807, 2.05) is 19.9 Å². The molecule has 1 fully saturated rings. The Hall–Kier alpha value is -1.79. The molecular formula is C18H26N4OS. The van der Waals surface area contributed by atoms with Crippen LogP contribution in [-0.2, 0) is 4.79 Å². The Kier molecular flexibility index (Phi) is 7.85. The number of nitrogens with one attached hydrogen (secondary N) is 2. The molecule has 5 nitrogen and oxygen atoms in total. The minimum absolute atomic E-state index is 0.192. The number of aromatic nitrogens is 2. The van der Waals surface area contributed by atoms with Crippen molar-refractivity contribution in [3.63, 3.8) is 0 Å². The topological polar surface area (TPSA) is 66.9 Å². The molecule has 2 rings (SSSR count). The largest absolute Gasteiger partial charge is 0.314 e. The first kappa shape index (κ1) is 18.5. The van der Waals surface area contributed by atoms with Crippen LogP contribution in [0.4, 0.5) is 5.13 Å². The fourth-order valence-electron chi connectivity index (χ4n) is 2.35. The van der Waals surface area contributed by atoms with Gasteiger partial charge in [0.15, 0.2) is 0 Å². The van der Waals surface area contributed by atoms with E-state index in [0.717, 1.165) is 30.4 Å². The van der Waals surface area contributed by atoms with Crippen molar-refractivity contribution in [2.24, 2.45) is 0 Å². The van der Waals surface area contributed by atoms with Crippen LogP contribution in [0.5, 0.6) is 0 Å². The summed E-state index contributed by atoms with van der Waals surface area (Å²) >= 11 is 1.36. The number of carbonyl (C=O) groups is 1. The summed E-state index contributed by atoms with van der Waals surface area (Å²) in [6.07, 6.45) is 15.6. The van der Waals surface area contributed by atoms with Crippen LogP contribution in [0.2, 0.25) is 0 Å². The minimum Gasteiger partial charge on any atom is -0.314 e. The second-order valence-corrected chi connectivity index (χ2v) is 7.06. The Morgan fingerprint density at radius 3 is 2.71 bits per heavy atom. The molecule has 1 aromatic heterocycles. The third-order valence-electron chi connectivity index (χ3n) is 3.98. The smallest absolute Gasteiger partial charge is 0.250 e. The van der Waals surface area contributed by atoms with Gasteiger partial charge >= 0.3 is 0 Å². The lowest BCUT2D eigenvalue weighted by molar-refractivity contribution is -0.111. The summed E-state index contributed by atoms with van der Waals surface area (Å²) in [5.74, 6) is -0.192. The van der Waals surface area contributed by atoms with Gasteiger partial charge in [0.25, 0.3) is 0 Å². The first-order chi connectivity index (χ1) is 11.7. The lowest BCUT2D eigenvalue weighted by atomic mass is 9.93. The van der Waals surface area contributed by atoms with E-state index in [9.17, 15) is 4.79 Å². The zero-order valence-corrected chi connectivity index (χ0v) is 15.2. The van der Waals surface area contributed by atoms with Gasteiger partial charge in [0.2, 0.25) is 11.0 Å². The molecule has 1 aliphatic rings. The van der Waals surface area contributed by atoms with Crippen LogP contribution in [-0.4, -0.2) is 28.7 Å². The van der Waals surface area contributed by atoms with Crippen LogP contribution >= 0.6 is 11.3 Å². The molecule has 0 unspecified atom stereocenters. The molecule has 1 heterocycles. The van der Waals surface area contributed by atoms with E-state index in [-0.39, 0.29) is 5.91 Å². The Morgan fingerprint density at radius 1 is 1.29 bits per heavy atom. The predicted molar refractivity (Wildman–Crippen MR) is 100 cm³/mol. The Labute approximate surface area is 148 Å². The molecule has 0 aromatic carbocycles. The first-order valence-corrected chi connectivity index (χ1v) is 9.33. The van der Waals surface area contributed by atoms with Gasteiger partial charge in [-0.3, -0.25) is 10.1 Å². The highest BCUT2D eigenvalue weighted by molar-refractivity contribution is 7.15. The number of anilines is 1. The maximum absolute atomic E-state index is 11.7. The van der Waals surface area contributed by atoms with Crippen molar-refractivity contribution in [2.45, 2.75) is 52.0 Å². The number of hydrogen-bond donors (Lipinski definition) is 2. The molecule has 0 spiro atoms. The minimum atomic E-state index is -0.192. The van der Waals surface area contributed by atoms with Crippen LogP contribution in [0, 0.1) is 6.92 Å². The third kappa shape index (κ3) is 6.76. The number of hydrogen-bond acceptors (Lipinski definition) is 5. The van der Waals surface area contributed by atoms with Gasteiger partial charge in [-0.2, -0.15) is 0 Å². The molecule has 24 heavy (non-hydrogen) atoms. The number of nitrogens with zero attached hydrogens (tertiary/aromatic N) is 2. The highest BCUT2D eigenvalue weighted by Crippen LogP contribution is 2.18. The van der Waals surface area contributed by atoms with Gasteiger partial charge in [0.05, 0.1) is 0 Å². The van der Waals surface area contributed by atoms with E-state index in [1.54, 1.807) is 6.08 Å². The normalized spacial score (nSPS) is 16.0. The van der Waals surface area contributed by atoms with Crippen LogP contribution in [0.3, 0.4) is 0 Å². The van der Waals surface area contributed by atoms with Crippen molar-refractivity contribution in [2.75, 3.05) is 11.9 Å². The standard InChI is InChI=1S/C18H26N4OS/c1-3-15(9-7-13-19-16-10-6-11-16)8-4-5-12-17(23)20-18-22-21-14(2)24-18/h3-5,8,12,16,19H,6-7,9-11,13H2,1-2H3,(H,20,22,23)/b8-4-,12-5+,15-3+. The molecule has 2 N–H and O–H groups in total. The van der Waals surface area contributed by atoms with E-state index in [0.29, 0.717) is 5.13 Å². The summed E-state index contributed by atoms with van der Waals surface area (Å²) in [4.78, 5) is 11.7. The fraction of sp³-hybridized carbons (Fsp3) is 0.500. The van der Waals surface area contributed by atoms with Crippen molar-refractivity contribution in [3.8, 4) is 0 Å². The van der Waals surface area contributed by atoms with Crippen molar-refractivity contribution in [1.29, 1.82) is 0 Å². The van der Waals surface area contributed by atoms with Crippen molar-refractivity contribution in [3.05, 3.63) is 41.0 Å². The van der Waals surface area contributed by atoms with Gasteiger partial charge in [0, 0.05) is 12.1 Å². The highest BCUT2D eigenvalue weighted by atomic mass is 32.1. The average molecular weight is 347 g/mol. The van der Waals surface area contributed by atoms with Crippen LogP contribution in [0.25, 0.3) is 0 Å². The molecule has 1 aromatic rings. The molecule has 0 radical (unpaired) electrons. The molecule has 0 saturated heterocycles. The second-order valence-electron chi connectivity index (χ2n) is 5.88. The monoisotopic (exact) mass is 346 g/mol. The van der Waals surface area contributed by atoms with Gasteiger partial charge in [-0.05, 0) is 46.1 Å². The summed E-state index contributed by atoms with van der Waals surface area (Å²) in [6.45, 7) is 4.98. The van der Waals surface area contributed by atoms with E-state index in [1.165, 1.54) is 42.2 Å². The number of carbonyl (C=O) groups excluding carboxylic acids is 1. The molecule has 1 amide bonds. The van der Waals surface area contributed by atoms with Gasteiger partial charge in [-0.15, -0.1) is 10.2 Å². The molecule has 6 heteroatoms. The Balaban J connectivity index is 1.65. The van der Waals surface area contributed by atoms with Crippen molar-refractivity contribution < 1.29 is 4.79 Å². The van der Waals surface area contributed by atoms with Crippen LogP contribution < -0.4 is 10.6 Å². The second kappa shape index (κ2) is 10.2. The van der Waals surface area contributed by atoms with Gasteiger partial charge in [-0.25, -0.2) is 0 Å². The van der Waals surface area contributed by atoms with Gasteiger partial charge in [-0.1, -0.05) is 47.6 Å². The Morgan fingerprint density at radius 2 is 2.08 bits per heavy atom. The number of allylic oxidation sites excluding steroid dienone is 5. The molecule has 130 valence electrons. The lowest BCUT2D eigenvalue weighted by Crippen LogP contribution is -2.35. The first-order valence-electron chi connectivity index (χ1n) is 8.52. The van der Waals surface area contributed by atoms with E-state index in [2.05, 4.69) is 33.0 Å². The number of aryl methyl sites for hydroxylation is 1. The molecule has 0 aliphatic heterocycles. The summed E-state index contributed by atoms with van der Waals surface area (Å²) in [7, 11) is 0. The average Bonchev–Trinajstić information content (AvgIpc) is 2.92. The van der Waals surface area contributed by atoms with Crippen molar-refractivity contribution >= 4 is 22.4 Å². The summed E-state index contributed by atoms with van der Waals surface area (Å²) < 4.78 is 0. The maximum atomic E-state index is 11.7. The fourth-order valence-corrected chi connectivity index (χ4v) is 2.95.